The second-order valence-corrected chi connectivity index (χ2v) is 2.07. The lowest BCUT2D eigenvalue weighted by Crippen LogP contribution is -2.01. The van der Waals surface area contributed by atoms with Gasteiger partial charge in [-0.25, -0.2) is 0 Å². The molecule has 0 aromatic carbocycles. The van der Waals surface area contributed by atoms with Crippen LogP contribution in [0.15, 0.2) is 0 Å². The van der Waals surface area contributed by atoms with Gasteiger partial charge in [-0.1, -0.05) is 0 Å². The van der Waals surface area contributed by atoms with Gasteiger partial charge in [0.1, 0.15) is 0 Å². The van der Waals surface area contributed by atoms with Crippen LogP contribution in [0.25, 0.3) is 0 Å². The van der Waals surface area contributed by atoms with Gasteiger partial charge in [-0.05, 0) is 0 Å². The smallest absolute Gasteiger partial charge is 0.291 e. The summed E-state index contributed by atoms with van der Waals surface area (Å²) in [7, 11) is 0. The molecule has 10 nitrogen and oxygen atoms in total. The van der Waals surface area contributed by atoms with Crippen molar-refractivity contribution >= 4 is 17.7 Å². The molecule has 0 spiro atoms. The van der Waals surface area contributed by atoms with E-state index in [0.717, 1.165) is 0 Å². The average Bonchev–Trinajstić information content (AvgIpc) is 1.76. The molecule has 7 N–H and O–H groups in total. The van der Waals surface area contributed by atoms with Crippen LogP contribution < -0.4 is 17.2 Å². The highest BCUT2D eigenvalue weighted by Crippen LogP contribution is 1.38. The first kappa shape index (κ1) is 23.4. The normalized spacial score (nSPS) is 6.19. The van der Waals surface area contributed by atoms with Crippen molar-refractivity contribution in [1.29, 1.82) is 0 Å². The number of hydrogen-bond acceptors (Lipinski definition) is 5. The average molecular weight is 240 g/mol. The van der Waals surface area contributed by atoms with Crippen LogP contribution in [0.2, 0.25) is 0 Å². The van der Waals surface area contributed by atoms with Crippen molar-refractivity contribution in [3.05, 3.63) is 10.1 Å². The number of rotatable bonds is 0. The zero-order valence-electron chi connectivity index (χ0n) is 9.17. The molecule has 3 amide bonds. The van der Waals surface area contributed by atoms with Gasteiger partial charge in [0.25, 0.3) is 5.09 Å². The van der Waals surface area contributed by atoms with Crippen LogP contribution in [0.3, 0.4) is 0 Å². The summed E-state index contributed by atoms with van der Waals surface area (Å²) in [6.07, 6.45) is 0. The quantitative estimate of drug-likeness (QED) is 0.282. The largest absolute Gasteiger partial charge is 0.370 e. The Morgan fingerprint density at radius 1 is 0.938 bits per heavy atom. The summed E-state index contributed by atoms with van der Waals surface area (Å²) in [6, 6.07) is 0. The van der Waals surface area contributed by atoms with Crippen molar-refractivity contribution in [1.82, 2.24) is 0 Å². The summed E-state index contributed by atoms with van der Waals surface area (Å²) in [5.41, 5.74) is 13.4. The van der Waals surface area contributed by atoms with E-state index >= 15 is 0 Å². The highest BCUT2D eigenvalue weighted by atomic mass is 16.9. The van der Waals surface area contributed by atoms with E-state index in [0.29, 0.717) is 0 Å². The van der Waals surface area contributed by atoms with Gasteiger partial charge in [-0.2, -0.15) is 0 Å². The van der Waals surface area contributed by atoms with Gasteiger partial charge in [0.05, 0.1) is 0 Å². The Morgan fingerprint density at radius 3 is 0.938 bits per heavy atom. The fourth-order valence-corrected chi connectivity index (χ4v) is 0. The number of primary amides is 3. The Hall–Kier alpha value is -2.39. The SMILES string of the molecule is CC(N)=O.CC(N)=O.CC(N)=O.O=[N+]([O-])O. The standard InChI is InChI=1S/3C2H5NO.HNO3/c3*1-2(3)4;2-1(3)4/h3*1H3,(H2,3,4);(H,2,3,4). The minimum atomic E-state index is -1.50. The van der Waals surface area contributed by atoms with E-state index in [1.54, 1.807) is 0 Å². The third-order valence-electron chi connectivity index (χ3n) is 0. The number of nitrogens with zero attached hydrogens (tertiary/aromatic N) is 1. The Kier molecular flexibility index (Phi) is 27.0. The van der Waals surface area contributed by atoms with E-state index in [2.05, 4.69) is 17.2 Å². The third-order valence-corrected chi connectivity index (χ3v) is 0. The van der Waals surface area contributed by atoms with Crippen molar-refractivity contribution in [2.75, 3.05) is 0 Å². The molecule has 16 heavy (non-hydrogen) atoms. The van der Waals surface area contributed by atoms with Crippen LogP contribution in [0.4, 0.5) is 0 Å². The summed E-state index contributed by atoms with van der Waals surface area (Å²) in [5, 5.41) is 13.6. The maximum absolute atomic E-state index is 9.22. The van der Waals surface area contributed by atoms with Crippen molar-refractivity contribution in [3.8, 4) is 0 Å². The van der Waals surface area contributed by atoms with E-state index in [4.69, 9.17) is 15.3 Å². The lowest BCUT2D eigenvalue weighted by Gasteiger charge is -1.60. The zero-order valence-corrected chi connectivity index (χ0v) is 9.17. The van der Waals surface area contributed by atoms with Gasteiger partial charge in [-0.15, -0.1) is 10.1 Å². The molecule has 0 rings (SSSR count). The molecule has 0 fully saturated rings. The number of carbonyl (C=O) groups excluding carboxylic acids is 3. The molecule has 0 aliphatic rings. The highest BCUT2D eigenvalue weighted by Gasteiger charge is 1.65. The lowest BCUT2D eigenvalue weighted by molar-refractivity contribution is -0.742. The van der Waals surface area contributed by atoms with Crippen LogP contribution in [0.5, 0.6) is 0 Å². The topological polar surface area (TPSA) is 193 Å². The molecule has 0 atom stereocenters. The van der Waals surface area contributed by atoms with E-state index < -0.39 is 5.09 Å². The molecular formula is C6H16N4O6. The van der Waals surface area contributed by atoms with Gasteiger partial charge in [0.15, 0.2) is 0 Å². The monoisotopic (exact) mass is 240 g/mol. The van der Waals surface area contributed by atoms with Crippen LogP contribution >= 0.6 is 0 Å². The van der Waals surface area contributed by atoms with Crippen molar-refractivity contribution in [2.45, 2.75) is 20.8 Å². The van der Waals surface area contributed by atoms with E-state index in [1.165, 1.54) is 20.8 Å². The molecule has 0 radical (unpaired) electrons. The second-order valence-electron chi connectivity index (χ2n) is 2.07. The maximum atomic E-state index is 9.22. The molecular weight excluding hydrogens is 224 g/mol. The Morgan fingerprint density at radius 2 is 0.938 bits per heavy atom. The van der Waals surface area contributed by atoms with Crippen molar-refractivity contribution < 1.29 is 24.7 Å². The lowest BCUT2D eigenvalue weighted by atomic mass is 10.8. The Balaban J connectivity index is -0.0000000600. The highest BCUT2D eigenvalue weighted by molar-refractivity contribution is 5.70. The summed E-state index contributed by atoms with van der Waals surface area (Å²) >= 11 is 0. The minimum absolute atomic E-state index is 0.333. The molecule has 0 saturated carbocycles. The molecule has 0 aliphatic heterocycles. The maximum Gasteiger partial charge on any atom is 0.291 e. The fourth-order valence-electron chi connectivity index (χ4n) is 0. The van der Waals surface area contributed by atoms with Crippen molar-refractivity contribution in [2.24, 2.45) is 17.2 Å². The summed E-state index contributed by atoms with van der Waals surface area (Å²) < 4.78 is 0. The second kappa shape index (κ2) is 18.4. The number of carbonyl (C=O) groups is 3. The first-order valence-electron chi connectivity index (χ1n) is 3.54. The van der Waals surface area contributed by atoms with Gasteiger partial charge < -0.3 is 22.4 Å². The predicted octanol–water partition coefficient (Wildman–Crippen LogP) is -1.87. The first-order valence-corrected chi connectivity index (χ1v) is 3.54. The molecule has 0 unspecified atom stereocenters. The minimum Gasteiger partial charge on any atom is -0.370 e. The van der Waals surface area contributed by atoms with Crippen LogP contribution in [-0.4, -0.2) is 28.0 Å². The van der Waals surface area contributed by atoms with Gasteiger partial charge in [-0.3, -0.25) is 14.4 Å². The third kappa shape index (κ3) is 229. The summed E-state index contributed by atoms with van der Waals surface area (Å²) in [4.78, 5) is 36.0. The van der Waals surface area contributed by atoms with Gasteiger partial charge in [0.2, 0.25) is 17.7 Å². The van der Waals surface area contributed by atoms with Crippen LogP contribution in [0, 0.1) is 10.1 Å². The fraction of sp³-hybridized carbons (Fsp3) is 0.500. The van der Waals surface area contributed by atoms with Crippen molar-refractivity contribution in [3.63, 3.8) is 0 Å². The summed E-state index contributed by atoms with van der Waals surface area (Å²) in [6.45, 7) is 3.92. The zero-order chi connectivity index (χ0) is 14.3. The Labute approximate surface area is 91.5 Å². The first-order chi connectivity index (χ1) is 6.93. The van der Waals surface area contributed by atoms with Crippen LogP contribution in [-0.2, 0) is 14.4 Å². The number of amides is 3. The molecule has 0 bridgehead atoms. The Bertz CT molecular complexity index is 165. The van der Waals surface area contributed by atoms with E-state index in [-0.39, 0.29) is 17.7 Å². The molecule has 96 valence electrons. The predicted molar refractivity (Wildman–Crippen MR) is 53.4 cm³/mol. The molecule has 0 aromatic heterocycles. The molecule has 0 aromatic rings. The van der Waals surface area contributed by atoms with Crippen LogP contribution in [0.1, 0.15) is 20.8 Å². The number of hydrogen-bond donors (Lipinski definition) is 4. The number of nitrogens with two attached hydrogens (primary N) is 3. The molecule has 10 heteroatoms. The van der Waals surface area contributed by atoms with E-state index in [1.807, 2.05) is 0 Å². The molecule has 0 heterocycles. The molecule has 0 saturated heterocycles. The van der Waals surface area contributed by atoms with E-state index in [9.17, 15) is 14.4 Å². The molecule has 0 aliphatic carbocycles. The van der Waals surface area contributed by atoms with Gasteiger partial charge in [0, 0.05) is 20.8 Å². The summed E-state index contributed by atoms with van der Waals surface area (Å²) in [5.74, 6) is -1.000. The van der Waals surface area contributed by atoms with Gasteiger partial charge >= 0.3 is 0 Å².